The van der Waals surface area contributed by atoms with Crippen LogP contribution < -0.4 is 0 Å². The van der Waals surface area contributed by atoms with E-state index in [0.717, 1.165) is 58.3 Å². The number of benzene rings is 1. The van der Waals surface area contributed by atoms with Gasteiger partial charge in [-0.3, -0.25) is 19.4 Å². The molecular formula is C21H23BrN6. The minimum absolute atomic E-state index is 0.0728. The van der Waals surface area contributed by atoms with Gasteiger partial charge in [-0.15, -0.1) is 10.2 Å². The topological polar surface area (TPSA) is 59.2 Å². The Bertz CT molecular complexity index is 1010. The van der Waals surface area contributed by atoms with Crippen molar-refractivity contribution in [3.8, 4) is 5.69 Å². The Labute approximate surface area is 173 Å². The zero-order valence-electron chi connectivity index (χ0n) is 16.3. The van der Waals surface area contributed by atoms with Crippen LogP contribution in [0.15, 0.2) is 52.1 Å². The van der Waals surface area contributed by atoms with Crippen molar-refractivity contribution in [2.45, 2.75) is 32.9 Å². The second kappa shape index (κ2) is 7.93. The number of pyridine rings is 1. The minimum Gasteiger partial charge on any atom is -0.299 e. The largest absolute Gasteiger partial charge is 0.299 e. The molecule has 28 heavy (non-hydrogen) atoms. The molecule has 1 aromatic carbocycles. The number of nitrogens with zero attached hydrogens (tertiary/aromatic N) is 6. The number of halogens is 1. The maximum Gasteiger partial charge on any atom is 0.162 e. The summed E-state index contributed by atoms with van der Waals surface area (Å²) in [6.45, 7) is 5.94. The summed E-state index contributed by atoms with van der Waals surface area (Å²) in [6, 6.07) is 12.1. The molecule has 0 saturated heterocycles. The van der Waals surface area contributed by atoms with Crippen molar-refractivity contribution in [2.75, 3.05) is 13.6 Å². The normalized spacial score (nSPS) is 15.8. The standard InChI is InChI=1S/C21H23BrN6/c1-4-16-21-26-25-19(13-27(3)5-2)28(21)18-12-14(22)9-10-15(18)20(24-16)17-8-6-7-11-23-17/h6-12,16H,4-5,13H2,1-3H3. The number of aliphatic imine (C=N–C) groups is 1. The van der Waals surface area contributed by atoms with Crippen LogP contribution in [-0.4, -0.2) is 44.0 Å². The summed E-state index contributed by atoms with van der Waals surface area (Å²) >= 11 is 3.63. The molecule has 0 aliphatic carbocycles. The highest BCUT2D eigenvalue weighted by atomic mass is 79.9. The molecule has 0 fully saturated rings. The summed E-state index contributed by atoms with van der Waals surface area (Å²) in [5.74, 6) is 1.81. The first-order valence-electron chi connectivity index (χ1n) is 9.54. The van der Waals surface area contributed by atoms with Crippen molar-refractivity contribution >= 4 is 21.6 Å². The average Bonchev–Trinajstić information content (AvgIpc) is 3.06. The molecule has 0 N–H and O–H groups in total. The van der Waals surface area contributed by atoms with Gasteiger partial charge in [0.05, 0.1) is 23.6 Å². The van der Waals surface area contributed by atoms with E-state index in [1.165, 1.54) is 0 Å². The fraction of sp³-hybridized carbons (Fsp3) is 0.333. The van der Waals surface area contributed by atoms with Crippen LogP contribution in [0.25, 0.3) is 5.69 Å². The van der Waals surface area contributed by atoms with Gasteiger partial charge in [0.25, 0.3) is 0 Å². The van der Waals surface area contributed by atoms with Gasteiger partial charge in [-0.2, -0.15) is 0 Å². The lowest BCUT2D eigenvalue weighted by molar-refractivity contribution is 0.333. The Morgan fingerprint density at radius 3 is 2.71 bits per heavy atom. The molecule has 0 amide bonds. The summed E-state index contributed by atoms with van der Waals surface area (Å²) in [5.41, 5.74) is 3.85. The second-order valence-corrected chi connectivity index (χ2v) is 7.83. The highest BCUT2D eigenvalue weighted by Gasteiger charge is 2.28. The first kappa shape index (κ1) is 19.0. The number of fused-ring (bicyclic) bond motifs is 3. The highest BCUT2D eigenvalue weighted by Crippen LogP contribution is 2.33. The molecule has 1 aliphatic rings. The lowest BCUT2D eigenvalue weighted by atomic mass is 10.0. The van der Waals surface area contributed by atoms with Crippen molar-refractivity contribution in [1.82, 2.24) is 24.6 Å². The summed E-state index contributed by atoms with van der Waals surface area (Å²) in [5, 5.41) is 9.08. The van der Waals surface area contributed by atoms with Crippen LogP contribution in [-0.2, 0) is 6.54 Å². The summed E-state index contributed by atoms with van der Waals surface area (Å²) < 4.78 is 3.19. The van der Waals surface area contributed by atoms with Gasteiger partial charge in [-0.05, 0) is 50.3 Å². The van der Waals surface area contributed by atoms with Crippen molar-refractivity contribution in [1.29, 1.82) is 0 Å². The number of hydrogen-bond acceptors (Lipinski definition) is 5. The van der Waals surface area contributed by atoms with E-state index in [0.29, 0.717) is 0 Å². The lowest BCUT2D eigenvalue weighted by Gasteiger charge is -2.17. The number of rotatable bonds is 5. The van der Waals surface area contributed by atoms with Crippen molar-refractivity contribution in [3.05, 3.63) is 70.0 Å². The summed E-state index contributed by atoms with van der Waals surface area (Å²) in [6.07, 6.45) is 2.65. The van der Waals surface area contributed by atoms with Gasteiger partial charge in [0.15, 0.2) is 11.6 Å². The molecule has 1 unspecified atom stereocenters. The smallest absolute Gasteiger partial charge is 0.162 e. The Kier molecular flexibility index (Phi) is 5.37. The number of aromatic nitrogens is 4. The Balaban J connectivity index is 1.97. The predicted octanol–water partition coefficient (Wildman–Crippen LogP) is 4.18. The molecule has 3 heterocycles. The van der Waals surface area contributed by atoms with Gasteiger partial charge in [0.1, 0.15) is 6.04 Å². The van der Waals surface area contributed by atoms with Crippen LogP contribution >= 0.6 is 15.9 Å². The molecular weight excluding hydrogens is 416 g/mol. The molecule has 0 saturated carbocycles. The summed E-state index contributed by atoms with van der Waals surface area (Å²) in [4.78, 5) is 11.9. The number of hydrogen-bond donors (Lipinski definition) is 0. The monoisotopic (exact) mass is 438 g/mol. The van der Waals surface area contributed by atoms with Gasteiger partial charge >= 0.3 is 0 Å². The fourth-order valence-corrected chi connectivity index (χ4v) is 3.77. The quantitative estimate of drug-likeness (QED) is 0.599. The van der Waals surface area contributed by atoms with E-state index in [1.54, 1.807) is 0 Å². The van der Waals surface area contributed by atoms with Crippen LogP contribution in [0.3, 0.4) is 0 Å². The van der Waals surface area contributed by atoms with Crippen LogP contribution in [0.2, 0.25) is 0 Å². The molecule has 0 bridgehead atoms. The third-order valence-electron chi connectivity index (χ3n) is 5.04. The molecule has 3 aromatic rings. The van der Waals surface area contributed by atoms with E-state index in [2.05, 4.69) is 73.6 Å². The predicted molar refractivity (Wildman–Crippen MR) is 114 cm³/mol. The molecule has 1 atom stereocenters. The Morgan fingerprint density at radius 1 is 1.14 bits per heavy atom. The van der Waals surface area contributed by atoms with E-state index in [-0.39, 0.29) is 6.04 Å². The van der Waals surface area contributed by atoms with Crippen LogP contribution in [0.5, 0.6) is 0 Å². The second-order valence-electron chi connectivity index (χ2n) is 6.92. The van der Waals surface area contributed by atoms with Crippen molar-refractivity contribution in [3.63, 3.8) is 0 Å². The third kappa shape index (κ3) is 3.40. The molecule has 4 rings (SSSR count). The van der Waals surface area contributed by atoms with Gasteiger partial charge in [-0.1, -0.05) is 35.8 Å². The zero-order chi connectivity index (χ0) is 19.7. The first-order valence-corrected chi connectivity index (χ1v) is 10.3. The van der Waals surface area contributed by atoms with Gasteiger partial charge in [-0.25, -0.2) is 0 Å². The molecule has 0 spiro atoms. The van der Waals surface area contributed by atoms with E-state index >= 15 is 0 Å². The lowest BCUT2D eigenvalue weighted by Crippen LogP contribution is -2.20. The average molecular weight is 439 g/mol. The van der Waals surface area contributed by atoms with E-state index in [1.807, 2.05) is 30.5 Å². The minimum atomic E-state index is -0.0728. The van der Waals surface area contributed by atoms with Crippen LogP contribution in [0.4, 0.5) is 0 Å². The van der Waals surface area contributed by atoms with E-state index < -0.39 is 0 Å². The molecule has 0 radical (unpaired) electrons. The van der Waals surface area contributed by atoms with Gasteiger partial charge < -0.3 is 0 Å². The molecule has 144 valence electrons. The van der Waals surface area contributed by atoms with Gasteiger partial charge in [0.2, 0.25) is 0 Å². The van der Waals surface area contributed by atoms with E-state index in [9.17, 15) is 0 Å². The third-order valence-corrected chi connectivity index (χ3v) is 5.53. The molecule has 6 nitrogen and oxygen atoms in total. The highest BCUT2D eigenvalue weighted by molar-refractivity contribution is 9.10. The van der Waals surface area contributed by atoms with Gasteiger partial charge in [0, 0.05) is 16.2 Å². The van der Waals surface area contributed by atoms with Crippen molar-refractivity contribution in [2.24, 2.45) is 4.99 Å². The molecule has 7 heteroatoms. The molecule has 1 aliphatic heterocycles. The SMILES string of the molecule is CCC1N=C(c2ccccn2)c2ccc(Br)cc2-n2c(CN(C)CC)nnc21. The molecule has 2 aromatic heterocycles. The van der Waals surface area contributed by atoms with Crippen LogP contribution in [0, 0.1) is 0 Å². The van der Waals surface area contributed by atoms with Crippen LogP contribution in [0.1, 0.15) is 49.2 Å². The first-order chi connectivity index (χ1) is 13.6. The Morgan fingerprint density at radius 2 is 2.00 bits per heavy atom. The van der Waals surface area contributed by atoms with E-state index in [4.69, 9.17) is 4.99 Å². The maximum absolute atomic E-state index is 5.09. The zero-order valence-corrected chi connectivity index (χ0v) is 17.9. The van der Waals surface area contributed by atoms with Crippen molar-refractivity contribution < 1.29 is 0 Å². The maximum atomic E-state index is 5.09. The summed E-state index contributed by atoms with van der Waals surface area (Å²) in [7, 11) is 2.09. The fourth-order valence-electron chi connectivity index (χ4n) is 3.42. The Hall–Kier alpha value is -2.38.